The largest absolute Gasteiger partial charge is 0.456 e. The normalized spacial score (nSPS) is 11.3. The molecule has 0 spiro atoms. The summed E-state index contributed by atoms with van der Waals surface area (Å²) >= 11 is 0. The van der Waals surface area contributed by atoms with Crippen LogP contribution < -0.4 is 4.90 Å². The SMILES string of the molecule is Cc1ccccc1-c1ccc(N(c2ccc(-c3ccccc3)cc2)c2ccc(-c3ccc4oc5cc(-c6ccccc6)ccc5c4c3)cc2)c(-c2ccccc2C)c1C. The molecule has 0 aliphatic heterocycles. The van der Waals surface area contributed by atoms with Gasteiger partial charge in [-0.25, -0.2) is 0 Å². The maximum Gasteiger partial charge on any atom is 0.136 e. The van der Waals surface area contributed by atoms with Gasteiger partial charge in [-0.1, -0.05) is 152 Å². The minimum absolute atomic E-state index is 0.893. The Hall–Kier alpha value is -7.42. The molecule has 282 valence electrons. The average molecular weight is 758 g/mol. The van der Waals surface area contributed by atoms with Crippen LogP contribution in [0.3, 0.4) is 0 Å². The summed E-state index contributed by atoms with van der Waals surface area (Å²) in [5.74, 6) is 0. The van der Waals surface area contributed by atoms with Crippen molar-refractivity contribution in [1.82, 2.24) is 0 Å². The van der Waals surface area contributed by atoms with Gasteiger partial charge in [0.2, 0.25) is 0 Å². The molecule has 1 aromatic heterocycles. The van der Waals surface area contributed by atoms with Crippen LogP contribution in [0.15, 0.2) is 211 Å². The Morgan fingerprint density at radius 3 is 1.46 bits per heavy atom. The van der Waals surface area contributed by atoms with Crippen molar-refractivity contribution < 1.29 is 4.42 Å². The van der Waals surface area contributed by atoms with E-state index in [1.807, 2.05) is 6.07 Å². The number of fused-ring (bicyclic) bond motifs is 3. The maximum atomic E-state index is 6.39. The molecule has 0 aliphatic carbocycles. The lowest BCUT2D eigenvalue weighted by molar-refractivity contribution is 0.669. The molecule has 59 heavy (non-hydrogen) atoms. The van der Waals surface area contributed by atoms with E-state index in [1.165, 1.54) is 55.6 Å². The molecular weight excluding hydrogens is 715 g/mol. The third kappa shape index (κ3) is 6.69. The minimum atomic E-state index is 0.893. The molecule has 9 aromatic carbocycles. The van der Waals surface area contributed by atoms with Gasteiger partial charge in [0.15, 0.2) is 0 Å². The fourth-order valence-corrected chi connectivity index (χ4v) is 8.67. The predicted molar refractivity (Wildman–Crippen MR) is 250 cm³/mol. The van der Waals surface area contributed by atoms with Crippen molar-refractivity contribution in [2.24, 2.45) is 0 Å². The van der Waals surface area contributed by atoms with Crippen LogP contribution in [0.25, 0.3) is 77.6 Å². The molecule has 0 saturated heterocycles. The maximum absolute atomic E-state index is 6.39. The number of rotatable bonds is 8. The number of hydrogen-bond acceptors (Lipinski definition) is 2. The van der Waals surface area contributed by atoms with Crippen molar-refractivity contribution in [3.8, 4) is 55.6 Å². The fourth-order valence-electron chi connectivity index (χ4n) is 8.67. The van der Waals surface area contributed by atoms with Crippen LogP contribution in [0.4, 0.5) is 17.1 Å². The number of benzene rings is 9. The molecule has 0 unspecified atom stereocenters. The molecule has 2 nitrogen and oxygen atoms in total. The van der Waals surface area contributed by atoms with Gasteiger partial charge in [0.25, 0.3) is 0 Å². The van der Waals surface area contributed by atoms with Crippen molar-refractivity contribution >= 4 is 39.0 Å². The second-order valence-electron chi connectivity index (χ2n) is 15.4. The first kappa shape index (κ1) is 36.0. The van der Waals surface area contributed by atoms with Gasteiger partial charge < -0.3 is 9.32 Å². The van der Waals surface area contributed by atoms with Gasteiger partial charge in [0, 0.05) is 27.7 Å². The highest BCUT2D eigenvalue weighted by atomic mass is 16.3. The highest BCUT2D eigenvalue weighted by Gasteiger charge is 2.23. The van der Waals surface area contributed by atoms with Crippen LogP contribution in [-0.2, 0) is 0 Å². The van der Waals surface area contributed by atoms with E-state index in [0.29, 0.717) is 0 Å². The fraction of sp³-hybridized carbons (Fsp3) is 0.0526. The third-order valence-electron chi connectivity index (χ3n) is 11.8. The molecule has 0 amide bonds. The lowest BCUT2D eigenvalue weighted by Crippen LogP contribution is -2.12. The van der Waals surface area contributed by atoms with Crippen LogP contribution in [0.5, 0.6) is 0 Å². The van der Waals surface area contributed by atoms with Crippen LogP contribution in [-0.4, -0.2) is 0 Å². The lowest BCUT2D eigenvalue weighted by Gasteiger charge is -2.30. The second kappa shape index (κ2) is 15.2. The molecule has 0 bridgehead atoms. The van der Waals surface area contributed by atoms with Gasteiger partial charge in [0.05, 0.1) is 5.69 Å². The summed E-state index contributed by atoms with van der Waals surface area (Å²) in [6.07, 6.45) is 0. The first-order valence-electron chi connectivity index (χ1n) is 20.3. The molecule has 0 saturated carbocycles. The van der Waals surface area contributed by atoms with Crippen LogP contribution in [0.1, 0.15) is 16.7 Å². The predicted octanol–water partition coefficient (Wildman–Crippen LogP) is 16.3. The highest BCUT2D eigenvalue weighted by Crippen LogP contribution is 2.47. The lowest BCUT2D eigenvalue weighted by atomic mass is 9.87. The molecule has 0 aliphatic rings. The van der Waals surface area contributed by atoms with Crippen LogP contribution in [0, 0.1) is 20.8 Å². The molecule has 1 heterocycles. The Balaban J connectivity index is 1.10. The first-order valence-corrected chi connectivity index (χ1v) is 20.3. The standard InChI is InChI=1S/C57H43NO/c1-38-14-10-12-20-49(38)51-33-34-54(57(40(51)3)50-21-13-11-15-39(50)2)58(47-28-22-43(23-29-47)41-16-6-4-7-17-41)48-30-24-44(25-31-48)45-27-35-55-53(36-45)52-32-26-46(37-56(52)59-55)42-18-8-5-9-19-42/h4-37H,1-3H3. The Morgan fingerprint density at radius 1 is 0.339 bits per heavy atom. The summed E-state index contributed by atoms with van der Waals surface area (Å²) in [7, 11) is 0. The van der Waals surface area contributed by atoms with E-state index in [4.69, 9.17) is 4.42 Å². The molecular formula is C57H43NO. The molecule has 2 heteroatoms. The van der Waals surface area contributed by atoms with Crippen molar-refractivity contribution in [1.29, 1.82) is 0 Å². The van der Waals surface area contributed by atoms with Crippen molar-refractivity contribution in [3.05, 3.63) is 223 Å². The zero-order valence-corrected chi connectivity index (χ0v) is 33.5. The second-order valence-corrected chi connectivity index (χ2v) is 15.4. The Morgan fingerprint density at radius 2 is 0.831 bits per heavy atom. The summed E-state index contributed by atoms with van der Waals surface area (Å²) in [6.45, 7) is 6.70. The molecule has 0 radical (unpaired) electrons. The van der Waals surface area contributed by atoms with Gasteiger partial charge in [-0.15, -0.1) is 0 Å². The van der Waals surface area contributed by atoms with E-state index in [-0.39, 0.29) is 0 Å². The van der Waals surface area contributed by atoms with Gasteiger partial charge in [-0.05, 0) is 142 Å². The van der Waals surface area contributed by atoms with E-state index in [1.54, 1.807) is 0 Å². The van der Waals surface area contributed by atoms with E-state index in [2.05, 4.69) is 226 Å². The summed E-state index contributed by atoms with van der Waals surface area (Å²) in [6, 6.07) is 74.2. The Labute approximate surface area is 346 Å². The van der Waals surface area contributed by atoms with E-state index < -0.39 is 0 Å². The van der Waals surface area contributed by atoms with Crippen molar-refractivity contribution in [2.75, 3.05) is 4.90 Å². The van der Waals surface area contributed by atoms with E-state index in [9.17, 15) is 0 Å². The first-order chi connectivity index (χ1) is 29.0. The van der Waals surface area contributed by atoms with E-state index >= 15 is 0 Å². The van der Waals surface area contributed by atoms with Crippen LogP contribution in [0.2, 0.25) is 0 Å². The summed E-state index contributed by atoms with van der Waals surface area (Å²) < 4.78 is 6.39. The quantitative estimate of drug-likeness (QED) is 0.153. The molecule has 0 fully saturated rings. The zero-order chi connectivity index (χ0) is 39.9. The topological polar surface area (TPSA) is 16.4 Å². The number of nitrogens with zero attached hydrogens (tertiary/aromatic N) is 1. The van der Waals surface area contributed by atoms with Crippen molar-refractivity contribution in [3.63, 3.8) is 0 Å². The van der Waals surface area contributed by atoms with Crippen LogP contribution >= 0.6 is 0 Å². The Bertz CT molecular complexity index is 3100. The smallest absolute Gasteiger partial charge is 0.136 e. The third-order valence-corrected chi connectivity index (χ3v) is 11.8. The van der Waals surface area contributed by atoms with Gasteiger partial charge in [-0.2, -0.15) is 0 Å². The summed E-state index contributed by atoms with van der Waals surface area (Å²) in [4.78, 5) is 2.42. The monoisotopic (exact) mass is 757 g/mol. The molecule has 0 atom stereocenters. The highest BCUT2D eigenvalue weighted by molar-refractivity contribution is 6.07. The summed E-state index contributed by atoms with van der Waals surface area (Å²) in [5, 5.41) is 2.24. The van der Waals surface area contributed by atoms with Gasteiger partial charge in [0.1, 0.15) is 11.2 Å². The van der Waals surface area contributed by atoms with Gasteiger partial charge >= 0.3 is 0 Å². The Kier molecular flexibility index (Phi) is 9.24. The zero-order valence-electron chi connectivity index (χ0n) is 33.5. The summed E-state index contributed by atoms with van der Waals surface area (Å²) in [5.41, 5.74) is 20.9. The number of anilines is 3. The average Bonchev–Trinajstić information content (AvgIpc) is 3.66. The number of furan rings is 1. The van der Waals surface area contributed by atoms with Gasteiger partial charge in [-0.3, -0.25) is 0 Å². The molecule has 10 aromatic rings. The minimum Gasteiger partial charge on any atom is -0.456 e. The molecule has 10 rings (SSSR count). The number of aryl methyl sites for hydroxylation is 2. The number of hydrogen-bond donors (Lipinski definition) is 0. The molecule has 0 N–H and O–H groups in total. The van der Waals surface area contributed by atoms with Crippen molar-refractivity contribution in [2.45, 2.75) is 20.8 Å². The van der Waals surface area contributed by atoms with E-state index in [0.717, 1.165) is 55.7 Å².